The number of methoxy groups -OCH3 is 2. The molecule has 9 nitrogen and oxygen atoms in total. The number of nitrogens with zero attached hydrogens (tertiary/aromatic N) is 2. The van der Waals surface area contributed by atoms with Gasteiger partial charge in [0.1, 0.15) is 16.4 Å². The summed E-state index contributed by atoms with van der Waals surface area (Å²) in [6, 6.07) is 12.1. The zero-order valence-corrected chi connectivity index (χ0v) is 20.5. The number of benzene rings is 2. The number of pyridine rings is 2. The van der Waals surface area contributed by atoms with E-state index in [1.54, 1.807) is 18.2 Å². The van der Waals surface area contributed by atoms with Gasteiger partial charge in [-0.2, -0.15) is 0 Å². The van der Waals surface area contributed by atoms with Crippen molar-refractivity contribution < 1.29 is 27.8 Å². The van der Waals surface area contributed by atoms with Gasteiger partial charge in [0.2, 0.25) is 0 Å². The lowest BCUT2D eigenvalue weighted by Crippen LogP contribution is -2.15. The maximum atomic E-state index is 13.4. The number of aromatic carboxylic acids is 1. The number of hydrogen-bond donors (Lipinski definition) is 2. The SMILES string of the molecule is COc1cc(C(=O)O)ncc1C#Cc1cc(Cl)ccc1NS(=O)(=O)c1ccc(OC)c2cccnc12. The largest absolute Gasteiger partial charge is 0.496 e. The summed E-state index contributed by atoms with van der Waals surface area (Å²) < 4.78 is 39.8. The van der Waals surface area contributed by atoms with Crippen molar-refractivity contribution in [3.8, 4) is 23.3 Å². The van der Waals surface area contributed by atoms with Gasteiger partial charge < -0.3 is 14.6 Å². The van der Waals surface area contributed by atoms with Crippen molar-refractivity contribution in [2.75, 3.05) is 18.9 Å². The van der Waals surface area contributed by atoms with E-state index in [4.69, 9.17) is 26.2 Å². The van der Waals surface area contributed by atoms with Crippen LogP contribution in [0.5, 0.6) is 11.5 Å². The second-order valence-corrected chi connectivity index (χ2v) is 9.37. The average Bonchev–Trinajstić information content (AvgIpc) is 2.87. The molecule has 4 rings (SSSR count). The number of carboxylic acid groups (broad SMARTS) is 1. The van der Waals surface area contributed by atoms with Crippen LogP contribution in [0, 0.1) is 11.8 Å². The van der Waals surface area contributed by atoms with E-state index in [1.165, 1.54) is 56.9 Å². The summed E-state index contributed by atoms with van der Waals surface area (Å²) in [4.78, 5) is 19.2. The average molecular weight is 524 g/mol. The van der Waals surface area contributed by atoms with Gasteiger partial charge in [-0.05, 0) is 42.5 Å². The minimum absolute atomic E-state index is 0.0390. The highest BCUT2D eigenvalue weighted by atomic mass is 35.5. The molecule has 0 aliphatic rings. The van der Waals surface area contributed by atoms with Gasteiger partial charge in [-0.15, -0.1) is 0 Å². The van der Waals surface area contributed by atoms with Crippen LogP contribution in [0.15, 0.2) is 65.8 Å². The second kappa shape index (κ2) is 10.1. The minimum Gasteiger partial charge on any atom is -0.496 e. The number of rotatable bonds is 6. The molecule has 36 heavy (non-hydrogen) atoms. The first-order valence-corrected chi connectivity index (χ1v) is 12.1. The molecule has 0 atom stereocenters. The molecule has 2 aromatic carbocycles. The van der Waals surface area contributed by atoms with E-state index in [2.05, 4.69) is 26.5 Å². The van der Waals surface area contributed by atoms with E-state index in [9.17, 15) is 13.2 Å². The lowest BCUT2D eigenvalue weighted by Gasteiger charge is -2.13. The maximum absolute atomic E-state index is 13.4. The molecule has 0 saturated carbocycles. The smallest absolute Gasteiger partial charge is 0.354 e. The van der Waals surface area contributed by atoms with Gasteiger partial charge in [-0.3, -0.25) is 9.71 Å². The summed E-state index contributed by atoms with van der Waals surface area (Å²) in [6.45, 7) is 0. The quantitative estimate of drug-likeness (QED) is 0.360. The van der Waals surface area contributed by atoms with E-state index in [0.717, 1.165) is 0 Å². The molecule has 0 aliphatic carbocycles. The molecule has 0 bridgehead atoms. The molecule has 0 saturated heterocycles. The van der Waals surface area contributed by atoms with E-state index in [1.807, 2.05) is 0 Å². The van der Waals surface area contributed by atoms with Crippen LogP contribution >= 0.6 is 11.6 Å². The Kier molecular flexibility index (Phi) is 6.96. The van der Waals surface area contributed by atoms with Crippen molar-refractivity contribution in [2.24, 2.45) is 0 Å². The van der Waals surface area contributed by atoms with Crippen molar-refractivity contribution >= 4 is 44.2 Å². The zero-order chi connectivity index (χ0) is 25.9. The number of carbonyl (C=O) groups is 1. The predicted molar refractivity (Wildman–Crippen MR) is 134 cm³/mol. The molecule has 0 amide bonds. The van der Waals surface area contributed by atoms with Gasteiger partial charge in [0.25, 0.3) is 10.0 Å². The van der Waals surface area contributed by atoms with E-state index in [0.29, 0.717) is 21.7 Å². The molecule has 0 radical (unpaired) electrons. The Morgan fingerprint density at radius 2 is 1.75 bits per heavy atom. The van der Waals surface area contributed by atoms with E-state index >= 15 is 0 Å². The minimum atomic E-state index is -4.09. The van der Waals surface area contributed by atoms with Crippen LogP contribution < -0.4 is 14.2 Å². The number of hydrogen-bond acceptors (Lipinski definition) is 7. The zero-order valence-electron chi connectivity index (χ0n) is 18.9. The third-order valence-corrected chi connectivity index (χ3v) is 6.70. The first-order chi connectivity index (χ1) is 17.2. The number of halogens is 1. The summed E-state index contributed by atoms with van der Waals surface area (Å²) >= 11 is 6.14. The summed E-state index contributed by atoms with van der Waals surface area (Å²) in [7, 11) is -1.23. The highest BCUT2D eigenvalue weighted by Gasteiger charge is 2.21. The number of nitrogens with one attached hydrogen (secondary N) is 1. The summed E-state index contributed by atoms with van der Waals surface area (Å²) in [5.41, 5.74) is 0.818. The fourth-order valence-corrected chi connectivity index (χ4v) is 4.79. The van der Waals surface area contributed by atoms with Crippen molar-refractivity contribution in [2.45, 2.75) is 4.90 Å². The first-order valence-electron chi connectivity index (χ1n) is 10.3. The molecule has 0 aliphatic heterocycles. The third kappa shape index (κ3) is 5.02. The van der Waals surface area contributed by atoms with Crippen LogP contribution in [-0.2, 0) is 10.0 Å². The van der Waals surface area contributed by atoms with Crippen molar-refractivity contribution in [3.63, 3.8) is 0 Å². The molecule has 0 fully saturated rings. The normalized spacial score (nSPS) is 10.9. The van der Waals surface area contributed by atoms with Gasteiger partial charge in [-0.25, -0.2) is 18.2 Å². The Bertz CT molecular complexity index is 1660. The highest BCUT2D eigenvalue weighted by Crippen LogP contribution is 2.31. The van der Waals surface area contributed by atoms with Crippen LogP contribution in [0.1, 0.15) is 21.6 Å². The van der Waals surface area contributed by atoms with Gasteiger partial charge in [-0.1, -0.05) is 23.4 Å². The molecular formula is C25H18ClN3O6S. The Balaban J connectivity index is 1.75. The molecule has 0 spiro atoms. The lowest BCUT2D eigenvalue weighted by molar-refractivity contribution is 0.0690. The van der Waals surface area contributed by atoms with Crippen LogP contribution in [0.3, 0.4) is 0 Å². The van der Waals surface area contributed by atoms with Crippen LogP contribution in [0.2, 0.25) is 5.02 Å². The first kappa shape index (κ1) is 24.8. The Morgan fingerprint density at radius 1 is 1.00 bits per heavy atom. The highest BCUT2D eigenvalue weighted by molar-refractivity contribution is 7.93. The van der Waals surface area contributed by atoms with Gasteiger partial charge in [0.05, 0.1) is 36.6 Å². The van der Waals surface area contributed by atoms with Gasteiger partial charge in [0.15, 0.2) is 5.69 Å². The summed E-state index contributed by atoms with van der Waals surface area (Å²) in [6.07, 6.45) is 2.76. The van der Waals surface area contributed by atoms with Crippen LogP contribution in [0.25, 0.3) is 10.9 Å². The number of aromatic nitrogens is 2. The van der Waals surface area contributed by atoms with Gasteiger partial charge in [0, 0.05) is 28.9 Å². The standard InChI is InChI=1S/C25H18ClN3O6S/c1-34-21-9-10-23(24-18(21)4-3-11-27-24)36(32,33)29-19-8-7-17(26)12-15(19)5-6-16-14-28-20(25(30)31)13-22(16)35-2/h3-4,7-14,29H,1-2H3,(H,30,31). The number of anilines is 1. The molecule has 4 aromatic rings. The third-order valence-electron chi connectivity index (χ3n) is 5.06. The molecule has 182 valence electrons. The molecule has 2 aromatic heterocycles. The topological polar surface area (TPSA) is 128 Å². The monoisotopic (exact) mass is 523 g/mol. The van der Waals surface area contributed by atoms with Crippen molar-refractivity contribution in [1.29, 1.82) is 0 Å². The van der Waals surface area contributed by atoms with Crippen LogP contribution in [-0.4, -0.2) is 43.7 Å². The summed E-state index contributed by atoms with van der Waals surface area (Å²) in [5, 5.41) is 10.0. The predicted octanol–water partition coefficient (Wildman–Crippen LogP) is 4.20. The number of fused-ring (bicyclic) bond motifs is 1. The Labute approximate surface area is 211 Å². The maximum Gasteiger partial charge on any atom is 0.354 e. The van der Waals surface area contributed by atoms with E-state index < -0.39 is 16.0 Å². The summed E-state index contributed by atoms with van der Waals surface area (Å²) in [5.74, 6) is 5.18. The Hall–Kier alpha value is -4.33. The molecular weight excluding hydrogens is 506 g/mol. The number of ether oxygens (including phenoxy) is 2. The lowest BCUT2D eigenvalue weighted by atomic mass is 10.1. The van der Waals surface area contributed by atoms with E-state index in [-0.39, 0.29) is 33.1 Å². The number of sulfonamides is 1. The van der Waals surface area contributed by atoms with Crippen molar-refractivity contribution in [3.05, 3.63) is 82.8 Å². The fourth-order valence-electron chi connectivity index (χ4n) is 3.38. The fraction of sp³-hybridized carbons (Fsp3) is 0.0800. The molecule has 2 N–H and O–H groups in total. The van der Waals surface area contributed by atoms with Crippen LogP contribution in [0.4, 0.5) is 5.69 Å². The molecule has 0 unspecified atom stereocenters. The molecule has 11 heteroatoms. The molecule has 2 heterocycles. The second-order valence-electron chi connectivity index (χ2n) is 7.29. The Morgan fingerprint density at radius 3 is 2.47 bits per heavy atom. The number of carboxylic acids is 1. The van der Waals surface area contributed by atoms with Gasteiger partial charge >= 0.3 is 5.97 Å². The van der Waals surface area contributed by atoms with Crippen molar-refractivity contribution in [1.82, 2.24) is 9.97 Å².